The van der Waals surface area contributed by atoms with Crippen LogP contribution in [0.15, 0.2) is 45.9 Å². The largest absolute Gasteiger partial charge is 0.469 e. The van der Waals surface area contributed by atoms with E-state index in [1.54, 1.807) is 6.92 Å². The lowest BCUT2D eigenvalue weighted by atomic mass is 10.2. The molecule has 1 atom stereocenters. The molecule has 0 aliphatic carbocycles. The van der Waals surface area contributed by atoms with Gasteiger partial charge < -0.3 is 9.73 Å². The first-order valence-corrected chi connectivity index (χ1v) is 8.12. The molecule has 0 radical (unpaired) electrons. The Labute approximate surface area is 142 Å². The summed E-state index contributed by atoms with van der Waals surface area (Å²) in [4.78, 5) is 36.8. The second kappa shape index (κ2) is 6.79. The number of amides is 3. The van der Waals surface area contributed by atoms with Crippen LogP contribution in [0.4, 0.5) is 5.69 Å². The number of aryl methyl sites for hydroxylation is 1. The number of rotatable bonds is 3. The van der Waals surface area contributed by atoms with E-state index in [-0.39, 0.29) is 12.3 Å². The second-order valence-electron chi connectivity index (χ2n) is 5.19. The van der Waals surface area contributed by atoms with Gasteiger partial charge in [-0.05, 0) is 25.1 Å². The number of hydrazine groups is 1. The van der Waals surface area contributed by atoms with Crippen molar-refractivity contribution in [3.05, 3.63) is 47.9 Å². The SMILES string of the molecule is Cc1occc1C(=O)NNC(=O)C[C@H]1Sc2ccccc2NC1=O. The first-order valence-electron chi connectivity index (χ1n) is 7.24. The fourth-order valence-electron chi connectivity index (χ4n) is 2.26. The molecule has 7 nitrogen and oxygen atoms in total. The third-order valence-electron chi connectivity index (χ3n) is 3.50. The molecule has 1 aromatic heterocycles. The smallest absolute Gasteiger partial charge is 0.273 e. The fraction of sp³-hybridized carbons (Fsp3) is 0.188. The average molecular weight is 345 g/mol. The normalized spacial score (nSPS) is 16.0. The van der Waals surface area contributed by atoms with Gasteiger partial charge in [-0.25, -0.2) is 0 Å². The van der Waals surface area contributed by atoms with Crippen LogP contribution in [0.1, 0.15) is 22.5 Å². The maximum atomic E-state index is 12.1. The molecule has 3 rings (SSSR count). The second-order valence-corrected chi connectivity index (χ2v) is 6.43. The molecule has 1 aromatic carbocycles. The number of hydrogen-bond acceptors (Lipinski definition) is 5. The van der Waals surface area contributed by atoms with E-state index in [0.717, 1.165) is 10.6 Å². The number of anilines is 1. The van der Waals surface area contributed by atoms with Crippen molar-refractivity contribution in [3.8, 4) is 0 Å². The van der Waals surface area contributed by atoms with Crippen molar-refractivity contribution in [3.63, 3.8) is 0 Å². The van der Waals surface area contributed by atoms with Gasteiger partial charge in [-0.3, -0.25) is 25.2 Å². The molecule has 124 valence electrons. The number of carbonyl (C=O) groups is 3. The van der Waals surface area contributed by atoms with Gasteiger partial charge in [0.2, 0.25) is 11.8 Å². The summed E-state index contributed by atoms with van der Waals surface area (Å²) in [5, 5.41) is 2.22. The molecule has 24 heavy (non-hydrogen) atoms. The molecule has 1 aliphatic heterocycles. The van der Waals surface area contributed by atoms with Crippen LogP contribution in [0.25, 0.3) is 0 Å². The first kappa shape index (κ1) is 16.1. The molecule has 0 unspecified atom stereocenters. The van der Waals surface area contributed by atoms with Gasteiger partial charge in [0, 0.05) is 11.3 Å². The summed E-state index contributed by atoms with van der Waals surface area (Å²) in [7, 11) is 0. The Hall–Kier alpha value is -2.74. The molecule has 0 spiro atoms. The summed E-state index contributed by atoms with van der Waals surface area (Å²) >= 11 is 1.33. The minimum Gasteiger partial charge on any atom is -0.469 e. The maximum absolute atomic E-state index is 12.1. The van der Waals surface area contributed by atoms with Crippen LogP contribution < -0.4 is 16.2 Å². The van der Waals surface area contributed by atoms with Gasteiger partial charge in [-0.2, -0.15) is 0 Å². The van der Waals surface area contributed by atoms with Crippen LogP contribution >= 0.6 is 11.8 Å². The minimum atomic E-state index is -0.549. The number of fused-ring (bicyclic) bond motifs is 1. The third-order valence-corrected chi connectivity index (χ3v) is 4.77. The van der Waals surface area contributed by atoms with Gasteiger partial charge in [0.25, 0.3) is 5.91 Å². The van der Waals surface area contributed by atoms with E-state index in [1.807, 2.05) is 24.3 Å². The summed E-state index contributed by atoms with van der Waals surface area (Å²) in [6, 6.07) is 8.91. The predicted molar refractivity (Wildman–Crippen MR) is 88.4 cm³/mol. The minimum absolute atomic E-state index is 0.0461. The van der Waals surface area contributed by atoms with Gasteiger partial charge in [-0.15, -0.1) is 11.8 Å². The van der Waals surface area contributed by atoms with Crippen LogP contribution in [-0.4, -0.2) is 23.0 Å². The molecule has 2 aromatic rings. The Kier molecular flexibility index (Phi) is 4.57. The van der Waals surface area contributed by atoms with E-state index in [1.165, 1.54) is 24.1 Å². The van der Waals surface area contributed by atoms with Crippen LogP contribution in [0.3, 0.4) is 0 Å². The number of benzene rings is 1. The number of para-hydroxylation sites is 1. The Morgan fingerprint density at radius 1 is 1.25 bits per heavy atom. The monoisotopic (exact) mass is 345 g/mol. The Balaban J connectivity index is 1.55. The van der Waals surface area contributed by atoms with Gasteiger partial charge in [0.05, 0.1) is 22.8 Å². The molecule has 8 heteroatoms. The molecule has 0 saturated carbocycles. The van der Waals surface area contributed by atoms with E-state index >= 15 is 0 Å². The van der Waals surface area contributed by atoms with Gasteiger partial charge in [-0.1, -0.05) is 12.1 Å². The van der Waals surface area contributed by atoms with Crippen LogP contribution in [0, 0.1) is 6.92 Å². The number of hydrogen-bond donors (Lipinski definition) is 3. The summed E-state index contributed by atoms with van der Waals surface area (Å²) in [6.45, 7) is 1.65. The van der Waals surface area contributed by atoms with Crippen LogP contribution in [0.5, 0.6) is 0 Å². The van der Waals surface area contributed by atoms with Crippen molar-refractivity contribution in [2.75, 3.05) is 5.32 Å². The lowest BCUT2D eigenvalue weighted by molar-refractivity contribution is -0.124. The van der Waals surface area contributed by atoms with Gasteiger partial charge >= 0.3 is 0 Å². The first-order chi connectivity index (χ1) is 11.5. The highest BCUT2D eigenvalue weighted by molar-refractivity contribution is 8.01. The molecule has 0 bridgehead atoms. The van der Waals surface area contributed by atoms with Crippen molar-refractivity contribution in [1.82, 2.24) is 10.9 Å². The Morgan fingerprint density at radius 3 is 2.79 bits per heavy atom. The standard InChI is InChI=1S/C16H15N3O4S/c1-9-10(6-7-23-9)15(21)19-18-14(20)8-13-16(22)17-11-4-2-3-5-12(11)24-13/h2-7,13H,8H2,1H3,(H,17,22)(H,18,20)(H,19,21)/t13-/m1/s1. The molecule has 2 heterocycles. The van der Waals surface area contributed by atoms with E-state index in [4.69, 9.17) is 4.42 Å². The van der Waals surface area contributed by atoms with E-state index < -0.39 is 17.1 Å². The molecular formula is C16H15N3O4S. The van der Waals surface area contributed by atoms with Crippen LogP contribution in [-0.2, 0) is 9.59 Å². The number of thioether (sulfide) groups is 1. The number of carbonyl (C=O) groups excluding carboxylic acids is 3. The average Bonchev–Trinajstić information content (AvgIpc) is 2.99. The lowest BCUT2D eigenvalue weighted by Crippen LogP contribution is -2.44. The van der Waals surface area contributed by atoms with Crippen molar-refractivity contribution in [2.24, 2.45) is 0 Å². The quantitative estimate of drug-likeness (QED) is 0.737. The predicted octanol–water partition coefficient (Wildman–Crippen LogP) is 1.85. The summed E-state index contributed by atoms with van der Waals surface area (Å²) in [5.41, 5.74) is 5.71. The zero-order valence-corrected chi connectivity index (χ0v) is 13.6. The van der Waals surface area contributed by atoms with Crippen molar-refractivity contribution in [1.29, 1.82) is 0 Å². The number of nitrogens with one attached hydrogen (secondary N) is 3. The van der Waals surface area contributed by atoms with Crippen LogP contribution in [0.2, 0.25) is 0 Å². The maximum Gasteiger partial charge on any atom is 0.273 e. The fourth-order valence-corrected chi connectivity index (χ4v) is 3.37. The molecule has 3 amide bonds. The molecule has 1 aliphatic rings. The van der Waals surface area contributed by atoms with Crippen molar-refractivity contribution >= 4 is 35.2 Å². The summed E-state index contributed by atoms with van der Waals surface area (Å²) in [6.07, 6.45) is 1.35. The van der Waals surface area contributed by atoms with E-state index in [0.29, 0.717) is 11.3 Å². The summed E-state index contributed by atoms with van der Waals surface area (Å²) in [5.74, 6) is -0.691. The van der Waals surface area contributed by atoms with Gasteiger partial charge in [0.1, 0.15) is 5.76 Å². The Morgan fingerprint density at radius 2 is 2.04 bits per heavy atom. The van der Waals surface area contributed by atoms with Crippen molar-refractivity contribution < 1.29 is 18.8 Å². The van der Waals surface area contributed by atoms with E-state index in [9.17, 15) is 14.4 Å². The van der Waals surface area contributed by atoms with Gasteiger partial charge in [0.15, 0.2) is 0 Å². The molecule has 0 fully saturated rings. The zero-order valence-electron chi connectivity index (χ0n) is 12.8. The van der Waals surface area contributed by atoms with Crippen molar-refractivity contribution in [2.45, 2.75) is 23.5 Å². The highest BCUT2D eigenvalue weighted by atomic mass is 32.2. The molecule has 3 N–H and O–H groups in total. The topological polar surface area (TPSA) is 100 Å². The highest BCUT2D eigenvalue weighted by Crippen LogP contribution is 2.36. The summed E-state index contributed by atoms with van der Waals surface area (Å²) < 4.78 is 5.03. The molecule has 0 saturated heterocycles. The lowest BCUT2D eigenvalue weighted by Gasteiger charge is -2.23. The number of furan rings is 1. The zero-order chi connectivity index (χ0) is 17.1. The third kappa shape index (κ3) is 3.43. The Bertz CT molecular complexity index is 802. The highest BCUT2D eigenvalue weighted by Gasteiger charge is 2.28. The molecular weight excluding hydrogens is 330 g/mol. The van der Waals surface area contributed by atoms with E-state index in [2.05, 4.69) is 16.2 Å².